The van der Waals surface area contributed by atoms with Crippen LogP contribution in [0.1, 0.15) is 26.5 Å². The summed E-state index contributed by atoms with van der Waals surface area (Å²) >= 11 is 0. The first kappa shape index (κ1) is 19.0. The lowest BCUT2D eigenvalue weighted by Crippen LogP contribution is -2.28. The molecule has 0 fully saturated rings. The van der Waals surface area contributed by atoms with Crippen LogP contribution >= 0.6 is 0 Å². The average molecular weight is 378 g/mol. The Morgan fingerprint density at radius 2 is 1.64 bits per heavy atom. The zero-order valence-corrected chi connectivity index (χ0v) is 15.7. The number of rotatable bonds is 4. The molecule has 25 heavy (non-hydrogen) atoms. The molecule has 132 valence electrons. The zero-order chi connectivity index (χ0) is 18.9. The third kappa shape index (κ3) is 3.52. The lowest BCUT2D eigenvalue weighted by atomic mass is 10.3. The van der Waals surface area contributed by atoms with E-state index in [9.17, 15) is 22.1 Å². The molecular weight excluding hydrogens is 360 g/mol. The summed E-state index contributed by atoms with van der Waals surface area (Å²) in [5.74, 6) is 0. The molecule has 0 saturated carbocycles. The highest BCUT2D eigenvalue weighted by Crippen LogP contribution is 2.26. The van der Waals surface area contributed by atoms with Crippen LogP contribution in [0.5, 0.6) is 0 Å². The molecule has 1 aromatic heterocycles. The van der Waals surface area contributed by atoms with Crippen LogP contribution in [0.25, 0.3) is 6.08 Å². The second kappa shape index (κ2) is 6.50. The standard InChI is InChI=1S/C17H18N2O4S2/c1-17(2,3)24(20,21)16(13-18)12-14-8-7-11-19(14)25(22,23)15-9-5-4-6-10-15/h4-12H,1-3H3/b16-12+. The van der Waals surface area contributed by atoms with Crippen LogP contribution in [0.2, 0.25) is 0 Å². The fourth-order valence-corrected chi connectivity index (χ4v) is 4.46. The van der Waals surface area contributed by atoms with Crippen LogP contribution in [0.4, 0.5) is 0 Å². The number of aromatic nitrogens is 1. The minimum atomic E-state index is -3.90. The summed E-state index contributed by atoms with van der Waals surface area (Å²) in [7, 11) is -7.79. The predicted molar refractivity (Wildman–Crippen MR) is 95.7 cm³/mol. The van der Waals surface area contributed by atoms with Crippen molar-refractivity contribution in [2.75, 3.05) is 0 Å². The number of nitrogens with zero attached hydrogens (tertiary/aromatic N) is 2. The summed E-state index contributed by atoms with van der Waals surface area (Å²) in [6.45, 7) is 4.44. The van der Waals surface area contributed by atoms with Gasteiger partial charge in [-0.25, -0.2) is 20.8 Å². The SMILES string of the molecule is CC(C)(C)S(=O)(=O)/C(C#N)=C/c1cccn1S(=O)(=O)c1ccccc1. The highest BCUT2D eigenvalue weighted by atomic mass is 32.2. The van der Waals surface area contributed by atoms with E-state index in [1.54, 1.807) is 24.3 Å². The van der Waals surface area contributed by atoms with E-state index in [4.69, 9.17) is 0 Å². The van der Waals surface area contributed by atoms with Gasteiger partial charge in [-0.1, -0.05) is 18.2 Å². The number of benzene rings is 1. The van der Waals surface area contributed by atoms with Gasteiger partial charge in [-0.15, -0.1) is 0 Å². The van der Waals surface area contributed by atoms with Crippen molar-refractivity contribution in [3.8, 4) is 6.07 Å². The van der Waals surface area contributed by atoms with Gasteiger partial charge in [0.25, 0.3) is 10.0 Å². The van der Waals surface area contributed by atoms with E-state index in [1.165, 1.54) is 51.2 Å². The van der Waals surface area contributed by atoms with Gasteiger partial charge in [0.2, 0.25) is 0 Å². The number of nitriles is 1. The van der Waals surface area contributed by atoms with Gasteiger partial charge in [-0.2, -0.15) is 5.26 Å². The summed E-state index contributed by atoms with van der Waals surface area (Å²) in [6.07, 6.45) is 2.40. The maximum Gasteiger partial charge on any atom is 0.268 e. The number of hydrogen-bond donors (Lipinski definition) is 0. The van der Waals surface area contributed by atoms with Crippen LogP contribution in [-0.4, -0.2) is 25.6 Å². The number of allylic oxidation sites excluding steroid dienone is 1. The van der Waals surface area contributed by atoms with Crippen LogP contribution in [0.3, 0.4) is 0 Å². The maximum atomic E-state index is 12.7. The minimum Gasteiger partial charge on any atom is -0.242 e. The first-order valence-corrected chi connectivity index (χ1v) is 10.3. The Morgan fingerprint density at radius 1 is 1.04 bits per heavy atom. The van der Waals surface area contributed by atoms with E-state index in [2.05, 4.69) is 0 Å². The van der Waals surface area contributed by atoms with Gasteiger partial charge < -0.3 is 0 Å². The molecule has 2 rings (SSSR count). The van der Waals surface area contributed by atoms with Gasteiger partial charge in [-0.3, -0.25) is 0 Å². The van der Waals surface area contributed by atoms with Crippen molar-refractivity contribution in [1.82, 2.24) is 3.97 Å². The van der Waals surface area contributed by atoms with E-state index in [-0.39, 0.29) is 10.6 Å². The Labute approximate surface area is 148 Å². The van der Waals surface area contributed by atoms with Gasteiger partial charge in [0.05, 0.1) is 15.3 Å². The van der Waals surface area contributed by atoms with E-state index in [1.807, 2.05) is 0 Å². The first-order chi connectivity index (χ1) is 11.5. The van der Waals surface area contributed by atoms with Crippen molar-refractivity contribution in [1.29, 1.82) is 5.26 Å². The van der Waals surface area contributed by atoms with Gasteiger partial charge >= 0.3 is 0 Å². The molecule has 1 heterocycles. The largest absolute Gasteiger partial charge is 0.268 e. The van der Waals surface area contributed by atoms with Crippen molar-refractivity contribution in [2.45, 2.75) is 30.4 Å². The van der Waals surface area contributed by atoms with Crippen LogP contribution in [0.15, 0.2) is 58.5 Å². The third-order valence-corrected chi connectivity index (χ3v) is 7.65. The molecule has 6 nitrogen and oxygen atoms in total. The summed E-state index contributed by atoms with van der Waals surface area (Å²) in [5.41, 5.74) is 0.0910. The molecule has 0 aliphatic rings. The summed E-state index contributed by atoms with van der Waals surface area (Å²) < 4.78 is 50.2. The van der Waals surface area contributed by atoms with E-state index in [0.29, 0.717) is 0 Å². The van der Waals surface area contributed by atoms with Crippen molar-refractivity contribution >= 4 is 25.9 Å². The Morgan fingerprint density at radius 3 is 2.16 bits per heavy atom. The van der Waals surface area contributed by atoms with Gasteiger partial charge in [-0.05, 0) is 51.1 Å². The van der Waals surface area contributed by atoms with Crippen molar-refractivity contribution in [3.05, 3.63) is 59.3 Å². The Kier molecular flexibility index (Phi) is 4.93. The van der Waals surface area contributed by atoms with E-state index >= 15 is 0 Å². The fourth-order valence-electron chi connectivity index (χ4n) is 2.05. The summed E-state index contributed by atoms with van der Waals surface area (Å²) in [6, 6.07) is 12.4. The molecule has 0 radical (unpaired) electrons. The quantitative estimate of drug-likeness (QED) is 0.762. The molecule has 0 atom stereocenters. The van der Waals surface area contributed by atoms with Gasteiger partial charge in [0.15, 0.2) is 9.84 Å². The topological polar surface area (TPSA) is 97.0 Å². The average Bonchev–Trinajstić information content (AvgIpc) is 3.01. The highest BCUT2D eigenvalue weighted by Gasteiger charge is 2.33. The van der Waals surface area contributed by atoms with Crippen molar-refractivity contribution < 1.29 is 16.8 Å². The molecule has 8 heteroatoms. The molecular formula is C17H18N2O4S2. The van der Waals surface area contributed by atoms with E-state index in [0.717, 1.165) is 10.0 Å². The third-order valence-electron chi connectivity index (χ3n) is 3.53. The Hall–Kier alpha value is -2.37. The Balaban J connectivity index is 2.63. The van der Waals surface area contributed by atoms with Gasteiger partial charge in [0, 0.05) is 6.20 Å². The maximum absolute atomic E-state index is 12.7. The molecule has 0 amide bonds. The molecule has 0 aliphatic heterocycles. The van der Waals surface area contributed by atoms with Crippen molar-refractivity contribution in [2.24, 2.45) is 0 Å². The van der Waals surface area contributed by atoms with Gasteiger partial charge in [0.1, 0.15) is 11.0 Å². The smallest absolute Gasteiger partial charge is 0.242 e. The molecule has 0 aliphatic carbocycles. The van der Waals surface area contributed by atoms with Crippen LogP contribution in [0, 0.1) is 11.3 Å². The number of sulfone groups is 1. The second-order valence-electron chi connectivity index (χ2n) is 6.28. The molecule has 0 spiro atoms. The second-order valence-corrected chi connectivity index (χ2v) is 10.8. The number of hydrogen-bond acceptors (Lipinski definition) is 5. The molecule has 0 N–H and O–H groups in total. The molecule has 2 aromatic rings. The summed E-state index contributed by atoms with van der Waals surface area (Å²) in [5, 5.41) is 9.28. The predicted octanol–water partition coefficient (Wildman–Crippen LogP) is 2.80. The molecule has 0 saturated heterocycles. The highest BCUT2D eigenvalue weighted by molar-refractivity contribution is 7.97. The molecule has 0 bridgehead atoms. The first-order valence-electron chi connectivity index (χ1n) is 7.36. The van der Waals surface area contributed by atoms with Crippen LogP contribution < -0.4 is 0 Å². The minimum absolute atomic E-state index is 0.0676. The normalized spacial score (nSPS) is 13.4. The monoisotopic (exact) mass is 378 g/mol. The zero-order valence-electron chi connectivity index (χ0n) is 14.0. The van der Waals surface area contributed by atoms with E-state index < -0.39 is 29.5 Å². The van der Waals surface area contributed by atoms with Crippen molar-refractivity contribution in [3.63, 3.8) is 0 Å². The van der Waals surface area contributed by atoms with Crippen LogP contribution in [-0.2, 0) is 19.9 Å². The lowest BCUT2D eigenvalue weighted by molar-refractivity contribution is 0.568. The molecule has 1 aromatic carbocycles. The lowest BCUT2D eigenvalue weighted by Gasteiger charge is -2.18. The fraction of sp³-hybridized carbons (Fsp3) is 0.235. The summed E-state index contributed by atoms with van der Waals surface area (Å²) in [4.78, 5) is -0.416. The molecule has 0 unspecified atom stereocenters. The Bertz CT molecular complexity index is 1050.